The number of nitrogens with one attached hydrogen (secondary N) is 3. The molecule has 2 aliphatic rings. The van der Waals surface area contributed by atoms with Gasteiger partial charge in [0.15, 0.2) is 0 Å². The van der Waals surface area contributed by atoms with Crippen LogP contribution in [-0.4, -0.2) is 40.7 Å². The van der Waals surface area contributed by atoms with E-state index >= 15 is 0 Å². The Morgan fingerprint density at radius 3 is 2.58 bits per heavy atom. The molecule has 1 saturated carbocycles. The van der Waals surface area contributed by atoms with E-state index in [1.54, 1.807) is 0 Å². The molecule has 26 heavy (non-hydrogen) atoms. The fourth-order valence-electron chi connectivity index (χ4n) is 3.37. The number of anilines is 2. The molecule has 0 bridgehead atoms. The van der Waals surface area contributed by atoms with Crippen LogP contribution in [0.15, 0.2) is 18.2 Å². The van der Waals surface area contributed by atoms with E-state index in [0.717, 1.165) is 23.8 Å². The summed E-state index contributed by atoms with van der Waals surface area (Å²) in [5, 5.41) is 7.49. The Bertz CT molecular complexity index is 789. The number of carbonyl (C=O) groups excluding carboxylic acids is 4. The highest BCUT2D eigenvalue weighted by atomic mass is 19.1. The van der Waals surface area contributed by atoms with Crippen LogP contribution in [0.3, 0.4) is 0 Å². The number of rotatable bonds is 4. The number of nitrogens with zero attached hydrogens (tertiary/aromatic N) is 1. The van der Waals surface area contributed by atoms with Gasteiger partial charge in [-0.2, -0.15) is 0 Å². The molecule has 1 aromatic carbocycles. The Kier molecular flexibility index (Phi) is 4.62. The SMILES string of the molecule is CC(=O)Nc1ccc(F)c(NC(=O)CN2C(=O)NC3(CCCC3)C2=O)c1. The molecule has 1 aromatic rings. The van der Waals surface area contributed by atoms with Crippen molar-refractivity contribution in [2.45, 2.75) is 38.1 Å². The molecule has 3 N–H and O–H groups in total. The highest BCUT2D eigenvalue weighted by molar-refractivity contribution is 6.10. The average molecular weight is 362 g/mol. The first kappa shape index (κ1) is 17.8. The van der Waals surface area contributed by atoms with E-state index in [2.05, 4.69) is 16.0 Å². The number of hydrogen-bond acceptors (Lipinski definition) is 4. The summed E-state index contributed by atoms with van der Waals surface area (Å²) in [5.41, 5.74) is -0.730. The quantitative estimate of drug-likeness (QED) is 0.707. The number of imide groups is 1. The summed E-state index contributed by atoms with van der Waals surface area (Å²) >= 11 is 0. The molecule has 1 heterocycles. The van der Waals surface area contributed by atoms with Gasteiger partial charge in [0.2, 0.25) is 11.8 Å². The van der Waals surface area contributed by atoms with Crippen molar-refractivity contribution < 1.29 is 23.6 Å². The number of urea groups is 1. The van der Waals surface area contributed by atoms with Crippen molar-refractivity contribution in [3.63, 3.8) is 0 Å². The van der Waals surface area contributed by atoms with Crippen LogP contribution in [0.1, 0.15) is 32.6 Å². The topological polar surface area (TPSA) is 108 Å². The minimum atomic E-state index is -0.895. The number of amides is 5. The highest BCUT2D eigenvalue weighted by Gasteiger charge is 2.52. The molecule has 0 atom stereocenters. The Labute approximate surface area is 149 Å². The summed E-state index contributed by atoms with van der Waals surface area (Å²) < 4.78 is 13.9. The van der Waals surface area contributed by atoms with Crippen LogP contribution in [0.4, 0.5) is 20.6 Å². The van der Waals surface area contributed by atoms with Crippen molar-refractivity contribution in [2.24, 2.45) is 0 Å². The molecule has 1 saturated heterocycles. The van der Waals surface area contributed by atoms with Crippen molar-refractivity contribution in [3.8, 4) is 0 Å². The maximum atomic E-state index is 13.9. The fourth-order valence-corrected chi connectivity index (χ4v) is 3.37. The van der Waals surface area contributed by atoms with E-state index in [0.29, 0.717) is 18.5 Å². The molecular formula is C17H19FN4O4. The maximum Gasteiger partial charge on any atom is 0.325 e. The summed E-state index contributed by atoms with van der Waals surface area (Å²) in [6.07, 6.45) is 2.80. The van der Waals surface area contributed by atoms with Crippen LogP contribution in [0.2, 0.25) is 0 Å². The lowest BCUT2D eigenvalue weighted by Crippen LogP contribution is -2.44. The van der Waals surface area contributed by atoms with Crippen molar-refractivity contribution in [3.05, 3.63) is 24.0 Å². The van der Waals surface area contributed by atoms with E-state index in [9.17, 15) is 23.6 Å². The molecule has 3 rings (SSSR count). The standard InChI is InChI=1S/C17H19FN4O4/c1-10(23)19-11-4-5-12(18)13(8-11)20-14(24)9-22-15(25)17(21-16(22)26)6-2-3-7-17/h4-5,8H,2-3,6-7,9H2,1H3,(H,19,23)(H,20,24)(H,21,26). The second-order valence-electron chi connectivity index (χ2n) is 6.53. The Morgan fingerprint density at radius 2 is 1.92 bits per heavy atom. The minimum Gasteiger partial charge on any atom is -0.326 e. The monoisotopic (exact) mass is 362 g/mol. The highest BCUT2D eigenvalue weighted by Crippen LogP contribution is 2.35. The summed E-state index contributed by atoms with van der Waals surface area (Å²) in [6, 6.07) is 3.11. The zero-order valence-electron chi connectivity index (χ0n) is 14.2. The molecule has 1 spiro atoms. The summed E-state index contributed by atoms with van der Waals surface area (Å²) in [6.45, 7) is 0.800. The lowest BCUT2D eigenvalue weighted by molar-refractivity contribution is -0.133. The van der Waals surface area contributed by atoms with Gasteiger partial charge >= 0.3 is 6.03 Å². The van der Waals surface area contributed by atoms with Gasteiger partial charge in [-0.15, -0.1) is 0 Å². The molecule has 9 heteroatoms. The normalized spacial score (nSPS) is 18.2. The smallest absolute Gasteiger partial charge is 0.325 e. The van der Waals surface area contributed by atoms with E-state index in [1.807, 2.05) is 0 Å². The van der Waals surface area contributed by atoms with Gasteiger partial charge in [-0.05, 0) is 31.0 Å². The van der Waals surface area contributed by atoms with Gasteiger partial charge in [0, 0.05) is 12.6 Å². The number of halogens is 1. The number of carbonyl (C=O) groups is 4. The van der Waals surface area contributed by atoms with Crippen molar-refractivity contribution in [2.75, 3.05) is 17.2 Å². The molecule has 1 aliphatic heterocycles. The van der Waals surface area contributed by atoms with Gasteiger partial charge in [0.25, 0.3) is 5.91 Å². The zero-order chi connectivity index (χ0) is 18.9. The number of hydrogen-bond donors (Lipinski definition) is 3. The molecule has 138 valence electrons. The molecule has 8 nitrogen and oxygen atoms in total. The average Bonchev–Trinajstić information content (AvgIpc) is 3.11. The third kappa shape index (κ3) is 3.37. The van der Waals surface area contributed by atoms with E-state index in [-0.39, 0.29) is 11.6 Å². The third-order valence-electron chi connectivity index (χ3n) is 4.57. The molecule has 2 fully saturated rings. The van der Waals surface area contributed by atoms with Crippen LogP contribution in [0.25, 0.3) is 0 Å². The lowest BCUT2D eigenvalue weighted by atomic mass is 9.98. The predicted molar refractivity (Wildman–Crippen MR) is 90.8 cm³/mol. The summed E-state index contributed by atoms with van der Waals surface area (Å²) in [5.74, 6) is -2.16. The van der Waals surface area contributed by atoms with Crippen LogP contribution in [0, 0.1) is 5.82 Å². The van der Waals surface area contributed by atoms with Gasteiger partial charge in [-0.25, -0.2) is 9.18 Å². The van der Waals surface area contributed by atoms with Crippen molar-refractivity contribution in [1.29, 1.82) is 0 Å². The van der Waals surface area contributed by atoms with Gasteiger partial charge in [0.1, 0.15) is 17.9 Å². The molecule has 5 amide bonds. The molecule has 0 unspecified atom stereocenters. The first-order valence-corrected chi connectivity index (χ1v) is 8.32. The second-order valence-corrected chi connectivity index (χ2v) is 6.53. The first-order chi connectivity index (χ1) is 12.3. The predicted octanol–water partition coefficient (Wildman–Crippen LogP) is 1.59. The largest absolute Gasteiger partial charge is 0.326 e. The molecule has 1 aliphatic carbocycles. The molecule has 0 radical (unpaired) electrons. The Balaban J connectivity index is 1.68. The fraction of sp³-hybridized carbons (Fsp3) is 0.412. The zero-order valence-corrected chi connectivity index (χ0v) is 14.2. The lowest BCUT2D eigenvalue weighted by Gasteiger charge is -2.19. The summed E-state index contributed by atoms with van der Waals surface area (Å²) in [7, 11) is 0. The van der Waals surface area contributed by atoms with Gasteiger partial charge in [0.05, 0.1) is 5.69 Å². The second kappa shape index (κ2) is 6.74. The summed E-state index contributed by atoms with van der Waals surface area (Å²) in [4.78, 5) is 48.7. The molecule has 0 aromatic heterocycles. The maximum absolute atomic E-state index is 13.9. The first-order valence-electron chi connectivity index (χ1n) is 8.32. The molecular weight excluding hydrogens is 343 g/mol. The van der Waals surface area contributed by atoms with Crippen molar-refractivity contribution in [1.82, 2.24) is 10.2 Å². The van der Waals surface area contributed by atoms with Gasteiger partial charge < -0.3 is 16.0 Å². The van der Waals surface area contributed by atoms with E-state index in [4.69, 9.17) is 0 Å². The number of benzene rings is 1. The Hall–Kier alpha value is -2.97. The van der Waals surface area contributed by atoms with Crippen LogP contribution in [0.5, 0.6) is 0 Å². The van der Waals surface area contributed by atoms with Crippen LogP contribution < -0.4 is 16.0 Å². The Morgan fingerprint density at radius 1 is 1.23 bits per heavy atom. The van der Waals surface area contributed by atoms with Gasteiger partial charge in [-0.1, -0.05) is 12.8 Å². The van der Waals surface area contributed by atoms with E-state index in [1.165, 1.54) is 19.1 Å². The van der Waals surface area contributed by atoms with Crippen LogP contribution in [-0.2, 0) is 14.4 Å². The van der Waals surface area contributed by atoms with Gasteiger partial charge in [-0.3, -0.25) is 19.3 Å². The third-order valence-corrected chi connectivity index (χ3v) is 4.57. The minimum absolute atomic E-state index is 0.149. The van der Waals surface area contributed by atoms with Crippen LogP contribution >= 0.6 is 0 Å². The van der Waals surface area contributed by atoms with E-state index < -0.39 is 35.7 Å². The van der Waals surface area contributed by atoms with Crippen molar-refractivity contribution >= 4 is 35.1 Å².